The predicted octanol–water partition coefficient (Wildman–Crippen LogP) is 3.58. The molecule has 0 aliphatic rings. The van der Waals surface area contributed by atoms with Crippen molar-refractivity contribution in [1.29, 1.82) is 0 Å². The molecule has 0 bridgehead atoms. The SMILES string of the molecule is CCNC(C)c1ccc(N(C)CC)cc1Br. The van der Waals surface area contributed by atoms with E-state index >= 15 is 0 Å². The summed E-state index contributed by atoms with van der Waals surface area (Å²) in [7, 11) is 2.11. The summed E-state index contributed by atoms with van der Waals surface area (Å²) in [5.41, 5.74) is 2.57. The number of rotatable bonds is 5. The van der Waals surface area contributed by atoms with Crippen molar-refractivity contribution in [2.45, 2.75) is 26.8 Å². The monoisotopic (exact) mass is 284 g/mol. The van der Waals surface area contributed by atoms with Crippen LogP contribution in [-0.4, -0.2) is 20.1 Å². The van der Waals surface area contributed by atoms with E-state index in [1.165, 1.54) is 15.7 Å². The average molecular weight is 285 g/mol. The normalized spacial score (nSPS) is 12.6. The maximum absolute atomic E-state index is 3.65. The van der Waals surface area contributed by atoms with Gasteiger partial charge >= 0.3 is 0 Å². The molecule has 16 heavy (non-hydrogen) atoms. The number of hydrogen-bond donors (Lipinski definition) is 1. The molecule has 2 nitrogen and oxygen atoms in total. The van der Waals surface area contributed by atoms with Gasteiger partial charge < -0.3 is 10.2 Å². The molecule has 1 aromatic rings. The highest BCUT2D eigenvalue weighted by Crippen LogP contribution is 2.27. The third-order valence-electron chi connectivity index (χ3n) is 2.88. The largest absolute Gasteiger partial charge is 0.375 e. The van der Waals surface area contributed by atoms with Crippen molar-refractivity contribution in [2.75, 3.05) is 25.0 Å². The van der Waals surface area contributed by atoms with Crippen LogP contribution in [0.5, 0.6) is 0 Å². The molecular weight excluding hydrogens is 264 g/mol. The highest BCUT2D eigenvalue weighted by atomic mass is 79.9. The maximum Gasteiger partial charge on any atom is 0.0375 e. The van der Waals surface area contributed by atoms with Crippen LogP contribution < -0.4 is 10.2 Å². The van der Waals surface area contributed by atoms with E-state index in [4.69, 9.17) is 0 Å². The topological polar surface area (TPSA) is 15.3 Å². The van der Waals surface area contributed by atoms with Gasteiger partial charge in [0.15, 0.2) is 0 Å². The first-order chi connectivity index (χ1) is 7.60. The van der Waals surface area contributed by atoms with E-state index in [9.17, 15) is 0 Å². The molecule has 1 unspecified atom stereocenters. The molecule has 0 amide bonds. The fourth-order valence-electron chi connectivity index (χ4n) is 1.70. The molecule has 0 saturated heterocycles. The summed E-state index contributed by atoms with van der Waals surface area (Å²) in [6, 6.07) is 6.95. The first-order valence-electron chi connectivity index (χ1n) is 5.84. The van der Waals surface area contributed by atoms with Crippen LogP contribution in [0.15, 0.2) is 22.7 Å². The number of nitrogens with zero attached hydrogens (tertiary/aromatic N) is 1. The number of hydrogen-bond acceptors (Lipinski definition) is 2. The second kappa shape index (κ2) is 6.26. The fourth-order valence-corrected chi connectivity index (χ4v) is 2.41. The third-order valence-corrected chi connectivity index (χ3v) is 3.56. The van der Waals surface area contributed by atoms with E-state index < -0.39 is 0 Å². The van der Waals surface area contributed by atoms with Gasteiger partial charge in [-0.2, -0.15) is 0 Å². The van der Waals surface area contributed by atoms with Crippen LogP contribution >= 0.6 is 15.9 Å². The molecule has 3 heteroatoms. The Morgan fingerprint density at radius 1 is 1.38 bits per heavy atom. The van der Waals surface area contributed by atoms with Gasteiger partial charge in [-0.1, -0.05) is 28.9 Å². The molecule has 0 aromatic heterocycles. The summed E-state index contributed by atoms with van der Waals surface area (Å²) in [6.07, 6.45) is 0. The van der Waals surface area contributed by atoms with Gasteiger partial charge in [0.2, 0.25) is 0 Å². The number of nitrogens with one attached hydrogen (secondary N) is 1. The summed E-state index contributed by atoms with van der Waals surface area (Å²) in [6.45, 7) is 8.48. The molecule has 1 atom stereocenters. The van der Waals surface area contributed by atoms with Crippen molar-refractivity contribution < 1.29 is 0 Å². The van der Waals surface area contributed by atoms with Gasteiger partial charge in [0.25, 0.3) is 0 Å². The Balaban J connectivity index is 2.91. The standard InChI is InChI=1S/C13H21BrN2/c1-5-15-10(3)12-8-7-11(9-13(12)14)16(4)6-2/h7-10,15H,5-6H2,1-4H3. The van der Waals surface area contributed by atoms with Gasteiger partial charge in [0.1, 0.15) is 0 Å². The van der Waals surface area contributed by atoms with Gasteiger partial charge in [-0.3, -0.25) is 0 Å². The van der Waals surface area contributed by atoms with E-state index in [0.29, 0.717) is 6.04 Å². The molecule has 0 fully saturated rings. The highest BCUT2D eigenvalue weighted by molar-refractivity contribution is 9.10. The Bertz CT molecular complexity index is 339. The van der Waals surface area contributed by atoms with E-state index in [0.717, 1.165) is 13.1 Å². The van der Waals surface area contributed by atoms with E-state index in [1.807, 2.05) is 0 Å². The summed E-state index contributed by atoms with van der Waals surface area (Å²) >= 11 is 3.65. The van der Waals surface area contributed by atoms with Crippen molar-refractivity contribution >= 4 is 21.6 Å². The van der Waals surface area contributed by atoms with Crippen molar-refractivity contribution in [1.82, 2.24) is 5.32 Å². The van der Waals surface area contributed by atoms with Gasteiger partial charge in [-0.15, -0.1) is 0 Å². The first-order valence-corrected chi connectivity index (χ1v) is 6.63. The molecular formula is C13H21BrN2. The Kier molecular flexibility index (Phi) is 5.29. The van der Waals surface area contributed by atoms with Crippen LogP contribution in [0, 0.1) is 0 Å². The van der Waals surface area contributed by atoms with Gasteiger partial charge in [0, 0.05) is 29.8 Å². The van der Waals surface area contributed by atoms with Crippen LogP contribution in [-0.2, 0) is 0 Å². The fraction of sp³-hybridized carbons (Fsp3) is 0.538. The van der Waals surface area contributed by atoms with Crippen LogP contribution in [0.4, 0.5) is 5.69 Å². The van der Waals surface area contributed by atoms with E-state index in [2.05, 4.69) is 72.2 Å². The van der Waals surface area contributed by atoms with Crippen molar-refractivity contribution in [3.05, 3.63) is 28.2 Å². The molecule has 0 saturated carbocycles. The Hall–Kier alpha value is -0.540. The minimum Gasteiger partial charge on any atom is -0.375 e. The Morgan fingerprint density at radius 2 is 2.06 bits per heavy atom. The summed E-state index contributed by atoms with van der Waals surface area (Å²) in [5, 5.41) is 3.42. The van der Waals surface area contributed by atoms with Crippen molar-refractivity contribution in [3.8, 4) is 0 Å². The second-order valence-corrected chi connectivity index (χ2v) is 4.85. The summed E-state index contributed by atoms with van der Waals surface area (Å²) in [4.78, 5) is 2.23. The zero-order valence-electron chi connectivity index (χ0n) is 10.5. The maximum atomic E-state index is 3.65. The average Bonchev–Trinajstić information content (AvgIpc) is 2.28. The Morgan fingerprint density at radius 3 is 2.56 bits per heavy atom. The van der Waals surface area contributed by atoms with Gasteiger partial charge in [-0.05, 0) is 38.1 Å². The molecule has 0 radical (unpaired) electrons. The lowest BCUT2D eigenvalue weighted by Crippen LogP contribution is -2.19. The zero-order valence-corrected chi connectivity index (χ0v) is 12.1. The lowest BCUT2D eigenvalue weighted by molar-refractivity contribution is 0.596. The smallest absolute Gasteiger partial charge is 0.0375 e. The predicted molar refractivity (Wildman–Crippen MR) is 75.2 cm³/mol. The minimum absolute atomic E-state index is 0.389. The zero-order chi connectivity index (χ0) is 12.1. The van der Waals surface area contributed by atoms with E-state index in [-0.39, 0.29) is 0 Å². The lowest BCUT2D eigenvalue weighted by Gasteiger charge is -2.20. The van der Waals surface area contributed by atoms with E-state index in [1.54, 1.807) is 0 Å². The number of benzene rings is 1. The molecule has 1 aromatic carbocycles. The molecule has 0 heterocycles. The van der Waals surface area contributed by atoms with Crippen molar-refractivity contribution in [2.24, 2.45) is 0 Å². The third kappa shape index (κ3) is 3.22. The molecule has 90 valence electrons. The van der Waals surface area contributed by atoms with Crippen LogP contribution in [0.3, 0.4) is 0 Å². The van der Waals surface area contributed by atoms with Crippen LogP contribution in [0.2, 0.25) is 0 Å². The lowest BCUT2D eigenvalue weighted by atomic mass is 10.1. The Labute approximate surface area is 107 Å². The second-order valence-electron chi connectivity index (χ2n) is 4.00. The van der Waals surface area contributed by atoms with Crippen LogP contribution in [0.1, 0.15) is 32.4 Å². The number of halogens is 1. The minimum atomic E-state index is 0.389. The van der Waals surface area contributed by atoms with Crippen molar-refractivity contribution in [3.63, 3.8) is 0 Å². The van der Waals surface area contributed by atoms with Gasteiger partial charge in [-0.25, -0.2) is 0 Å². The quantitative estimate of drug-likeness (QED) is 0.889. The summed E-state index contributed by atoms with van der Waals surface area (Å²) < 4.78 is 1.18. The summed E-state index contributed by atoms with van der Waals surface area (Å²) in [5.74, 6) is 0. The van der Waals surface area contributed by atoms with Crippen LogP contribution in [0.25, 0.3) is 0 Å². The molecule has 0 aliphatic carbocycles. The molecule has 0 aliphatic heterocycles. The number of anilines is 1. The van der Waals surface area contributed by atoms with Gasteiger partial charge in [0.05, 0.1) is 0 Å². The molecule has 1 rings (SSSR count). The highest BCUT2D eigenvalue weighted by Gasteiger charge is 2.09. The first kappa shape index (κ1) is 13.5. The molecule has 0 spiro atoms. The molecule has 1 N–H and O–H groups in total.